The van der Waals surface area contributed by atoms with Crippen LogP contribution in [-0.4, -0.2) is 39.8 Å². The molecule has 0 saturated carbocycles. The Morgan fingerprint density at radius 2 is 1.96 bits per heavy atom. The molecule has 1 N–H and O–H groups in total. The number of carbonyl (C=O) groups is 1. The normalized spacial score (nSPS) is 18.5. The van der Waals surface area contributed by atoms with Crippen LogP contribution < -0.4 is 15.2 Å². The van der Waals surface area contributed by atoms with E-state index in [2.05, 4.69) is 0 Å². The molecule has 0 radical (unpaired) electrons. The summed E-state index contributed by atoms with van der Waals surface area (Å²) in [7, 11) is 0. The summed E-state index contributed by atoms with van der Waals surface area (Å²) in [6.45, 7) is 4.75. The van der Waals surface area contributed by atoms with E-state index < -0.39 is 6.10 Å². The van der Waals surface area contributed by atoms with Crippen LogP contribution in [-0.2, 0) is 6.61 Å². The van der Waals surface area contributed by atoms with Gasteiger partial charge in [-0.15, -0.1) is 0 Å². The maximum Gasteiger partial charge on any atom is 0.278 e. The summed E-state index contributed by atoms with van der Waals surface area (Å²) in [6, 6.07) is 10.8. The van der Waals surface area contributed by atoms with E-state index in [1.54, 1.807) is 9.58 Å². The van der Waals surface area contributed by atoms with Crippen LogP contribution in [0.3, 0.4) is 0 Å². The Bertz CT molecular complexity index is 907. The third kappa shape index (κ3) is 2.55. The van der Waals surface area contributed by atoms with Crippen molar-refractivity contribution in [3.05, 3.63) is 63.6 Å². The van der Waals surface area contributed by atoms with Crippen LogP contribution in [0.25, 0.3) is 0 Å². The monoisotopic (exact) mass is 355 g/mol. The van der Waals surface area contributed by atoms with E-state index in [9.17, 15) is 14.7 Å². The predicted molar refractivity (Wildman–Crippen MR) is 95.7 cm³/mol. The molecule has 0 aliphatic carbocycles. The van der Waals surface area contributed by atoms with Crippen molar-refractivity contribution in [1.29, 1.82) is 0 Å². The number of benzene rings is 1. The van der Waals surface area contributed by atoms with E-state index in [0.717, 1.165) is 5.56 Å². The van der Waals surface area contributed by atoms with E-state index in [-0.39, 0.29) is 35.4 Å². The summed E-state index contributed by atoms with van der Waals surface area (Å²) >= 11 is 0. The highest BCUT2D eigenvalue weighted by Crippen LogP contribution is 2.31. The molecule has 26 heavy (non-hydrogen) atoms. The van der Waals surface area contributed by atoms with Crippen LogP contribution in [0.1, 0.15) is 41.7 Å². The average Bonchev–Trinajstić information content (AvgIpc) is 2.93. The molecule has 7 heteroatoms. The lowest BCUT2D eigenvalue weighted by molar-refractivity contribution is 0.0631. The maximum atomic E-state index is 13.1. The van der Waals surface area contributed by atoms with Crippen LogP contribution >= 0.6 is 0 Å². The highest BCUT2D eigenvalue weighted by Gasteiger charge is 2.41. The van der Waals surface area contributed by atoms with Crippen molar-refractivity contribution in [2.24, 2.45) is 0 Å². The molecule has 0 saturated heterocycles. The Labute approximate surface area is 151 Å². The van der Waals surface area contributed by atoms with Gasteiger partial charge in [0.25, 0.3) is 5.91 Å². The minimum Gasteiger partial charge on any atom is -0.482 e. The number of carbonyl (C=O) groups excluding carboxylic acids is 1. The fourth-order valence-electron chi connectivity index (χ4n) is 3.47. The summed E-state index contributed by atoms with van der Waals surface area (Å²) in [4.78, 5) is 27.4. The minimum atomic E-state index is -0.801. The highest BCUT2D eigenvalue weighted by molar-refractivity contribution is 5.96. The van der Waals surface area contributed by atoms with Crippen molar-refractivity contribution in [1.82, 2.24) is 9.58 Å². The summed E-state index contributed by atoms with van der Waals surface area (Å²) in [5, 5.41) is 12.2. The number of nitrogens with zero attached hydrogens (tertiary/aromatic N) is 3. The van der Waals surface area contributed by atoms with Crippen molar-refractivity contribution in [2.45, 2.75) is 32.6 Å². The zero-order chi connectivity index (χ0) is 18.4. The van der Waals surface area contributed by atoms with Crippen molar-refractivity contribution in [2.75, 3.05) is 18.2 Å². The molecule has 3 heterocycles. The number of amides is 1. The van der Waals surface area contributed by atoms with Crippen LogP contribution in [0.15, 0.2) is 41.2 Å². The molecule has 0 fully saturated rings. The average molecular weight is 355 g/mol. The lowest BCUT2D eigenvalue weighted by Crippen LogP contribution is -2.54. The van der Waals surface area contributed by atoms with Gasteiger partial charge in [0.15, 0.2) is 11.4 Å². The Hall–Kier alpha value is -2.80. The molecule has 7 nitrogen and oxygen atoms in total. The summed E-state index contributed by atoms with van der Waals surface area (Å²) in [5.74, 6) is -0.223. The first-order valence-corrected chi connectivity index (χ1v) is 8.68. The molecule has 2 aliphatic heterocycles. The first kappa shape index (κ1) is 16.7. The number of aromatic nitrogens is 1. The van der Waals surface area contributed by atoms with Gasteiger partial charge in [-0.1, -0.05) is 30.3 Å². The fraction of sp³-hybridized carbons (Fsp3) is 0.368. The molecule has 2 aliphatic rings. The Morgan fingerprint density at radius 1 is 1.23 bits per heavy atom. The number of pyridine rings is 1. The van der Waals surface area contributed by atoms with E-state index in [1.807, 2.05) is 49.2 Å². The minimum absolute atomic E-state index is 0.0327. The van der Waals surface area contributed by atoms with Gasteiger partial charge in [-0.25, -0.2) is 4.68 Å². The maximum absolute atomic E-state index is 13.1. The van der Waals surface area contributed by atoms with Crippen molar-refractivity contribution < 1.29 is 14.6 Å². The number of hydrogen-bond acceptors (Lipinski definition) is 5. The second kappa shape index (κ2) is 6.17. The lowest BCUT2D eigenvalue weighted by Gasteiger charge is -2.39. The molecule has 0 spiro atoms. The first-order chi connectivity index (χ1) is 12.5. The molecule has 1 unspecified atom stereocenters. The van der Waals surface area contributed by atoms with Crippen molar-refractivity contribution in [3.63, 3.8) is 0 Å². The molecule has 1 aromatic heterocycles. The number of hydrogen-bond donors (Lipinski definition) is 1. The van der Waals surface area contributed by atoms with Crippen LogP contribution in [0.2, 0.25) is 0 Å². The van der Waals surface area contributed by atoms with Gasteiger partial charge in [-0.3, -0.25) is 14.6 Å². The lowest BCUT2D eigenvalue weighted by atomic mass is 10.2. The molecule has 0 bridgehead atoms. The second-order valence-electron chi connectivity index (χ2n) is 6.91. The van der Waals surface area contributed by atoms with Gasteiger partial charge in [0.2, 0.25) is 5.43 Å². The van der Waals surface area contributed by atoms with Crippen LogP contribution in [0.4, 0.5) is 0 Å². The van der Waals surface area contributed by atoms with Crippen LogP contribution in [0, 0.1) is 0 Å². The molecular weight excluding hydrogens is 334 g/mol. The standard InChI is InChI=1S/C19H21N3O4/c1-12(2)21-11-20-9-16(24)14-8-15(23)18(17(19(21)25)22(14)20)26-10-13-6-4-3-5-7-13/h3-8,12,16,24H,9-11H2,1-2H3. The van der Waals surface area contributed by atoms with Crippen molar-refractivity contribution >= 4 is 5.91 Å². The van der Waals surface area contributed by atoms with Gasteiger partial charge in [0.1, 0.15) is 19.4 Å². The molecule has 4 rings (SSSR count). The Balaban J connectivity index is 1.80. The molecule has 1 aromatic carbocycles. The predicted octanol–water partition coefficient (Wildman–Crippen LogP) is 1.23. The second-order valence-corrected chi connectivity index (χ2v) is 6.91. The number of aliphatic hydroxyl groups is 1. The number of rotatable bonds is 4. The zero-order valence-corrected chi connectivity index (χ0v) is 14.8. The molecule has 1 atom stereocenters. The van der Waals surface area contributed by atoms with Gasteiger partial charge in [-0.2, -0.15) is 0 Å². The van der Waals surface area contributed by atoms with Crippen LogP contribution in [0.5, 0.6) is 5.75 Å². The fourth-order valence-corrected chi connectivity index (χ4v) is 3.47. The smallest absolute Gasteiger partial charge is 0.278 e. The SMILES string of the molecule is CC(C)N1CN2CC(O)c3cc(=O)c(OCc4ccccc4)c(n32)C1=O. The zero-order valence-electron chi connectivity index (χ0n) is 14.8. The summed E-state index contributed by atoms with van der Waals surface area (Å²) in [5.41, 5.74) is 1.15. The van der Waals surface area contributed by atoms with E-state index in [1.165, 1.54) is 6.07 Å². The summed E-state index contributed by atoms with van der Waals surface area (Å²) in [6.07, 6.45) is -0.801. The van der Waals surface area contributed by atoms with E-state index in [4.69, 9.17) is 4.74 Å². The largest absolute Gasteiger partial charge is 0.482 e. The quantitative estimate of drug-likeness (QED) is 0.893. The third-order valence-electron chi connectivity index (χ3n) is 4.81. The first-order valence-electron chi connectivity index (χ1n) is 8.68. The van der Waals surface area contributed by atoms with E-state index >= 15 is 0 Å². The summed E-state index contributed by atoms with van der Waals surface area (Å²) < 4.78 is 7.44. The molecule has 1 amide bonds. The van der Waals surface area contributed by atoms with Gasteiger partial charge < -0.3 is 14.7 Å². The topological polar surface area (TPSA) is 75.0 Å². The van der Waals surface area contributed by atoms with Crippen molar-refractivity contribution in [3.8, 4) is 5.75 Å². The Kier molecular flexibility index (Phi) is 3.96. The molecule has 136 valence electrons. The molecular formula is C19H21N3O4. The number of ether oxygens (including phenoxy) is 1. The van der Waals surface area contributed by atoms with Gasteiger partial charge in [0, 0.05) is 12.1 Å². The Morgan fingerprint density at radius 3 is 2.65 bits per heavy atom. The van der Waals surface area contributed by atoms with Gasteiger partial charge in [0.05, 0.1) is 12.2 Å². The number of aliphatic hydroxyl groups excluding tert-OH is 1. The van der Waals surface area contributed by atoms with Gasteiger partial charge >= 0.3 is 0 Å². The molecule has 2 aromatic rings. The highest BCUT2D eigenvalue weighted by atomic mass is 16.5. The van der Waals surface area contributed by atoms with E-state index in [0.29, 0.717) is 18.9 Å². The third-order valence-corrected chi connectivity index (χ3v) is 4.81. The van der Waals surface area contributed by atoms with Gasteiger partial charge in [-0.05, 0) is 19.4 Å².